The molecule has 1 N–H and O–H groups in total. The largest absolute Gasteiger partial charge is 0.447 e. The Balaban J connectivity index is 1.79. The van der Waals surface area contributed by atoms with Crippen LogP contribution in [0.3, 0.4) is 0 Å². The second-order valence-corrected chi connectivity index (χ2v) is 5.63. The van der Waals surface area contributed by atoms with Gasteiger partial charge in [0.1, 0.15) is 0 Å². The highest BCUT2D eigenvalue weighted by atomic mass is 16.5. The van der Waals surface area contributed by atoms with Crippen LogP contribution in [0.4, 0.5) is 0 Å². The number of esters is 1. The molecule has 1 atom stereocenters. The number of benzene rings is 2. The first kappa shape index (κ1) is 17.7. The zero-order chi connectivity index (χ0) is 17.2. The van der Waals surface area contributed by atoms with Gasteiger partial charge in [-0.15, -0.1) is 0 Å². The summed E-state index contributed by atoms with van der Waals surface area (Å²) in [5.41, 5.74) is 1.97. The van der Waals surface area contributed by atoms with E-state index in [0.717, 1.165) is 19.3 Å². The highest BCUT2D eigenvalue weighted by Crippen LogP contribution is 2.17. The van der Waals surface area contributed by atoms with Crippen LogP contribution < -0.4 is 5.32 Å². The predicted molar refractivity (Wildman–Crippen MR) is 93.3 cm³/mol. The van der Waals surface area contributed by atoms with Crippen LogP contribution in [0, 0.1) is 0 Å². The van der Waals surface area contributed by atoms with E-state index in [1.54, 1.807) is 12.1 Å². The van der Waals surface area contributed by atoms with Crippen LogP contribution in [0.2, 0.25) is 0 Å². The lowest BCUT2D eigenvalue weighted by Crippen LogP contribution is -2.32. The number of hydrogen-bond donors (Lipinski definition) is 1. The predicted octanol–water partition coefficient (Wildman–Crippen LogP) is 3.43. The van der Waals surface area contributed by atoms with Gasteiger partial charge in [0.2, 0.25) is 6.10 Å². The lowest BCUT2D eigenvalue weighted by molar-refractivity contribution is -0.154. The van der Waals surface area contributed by atoms with Crippen molar-refractivity contribution in [3.63, 3.8) is 0 Å². The number of unbranched alkanes of at least 4 members (excludes halogenated alkanes) is 1. The molecule has 4 nitrogen and oxygen atoms in total. The minimum absolute atomic E-state index is 0.281. The summed E-state index contributed by atoms with van der Waals surface area (Å²) in [5.74, 6) is -0.751. The number of amides is 1. The highest BCUT2D eigenvalue weighted by molar-refractivity contribution is 5.84. The van der Waals surface area contributed by atoms with Gasteiger partial charge in [0.05, 0.1) is 0 Å². The third-order valence-electron chi connectivity index (χ3n) is 3.66. The standard InChI is InChI=1S/C20H23NO3/c1-16(22)24-19(18-13-6-3-7-14-18)20(23)21-15-9-8-12-17-10-4-2-5-11-17/h2-7,10-11,13-14,19H,8-9,12,15H2,1H3,(H,21,23). The van der Waals surface area contributed by atoms with E-state index in [2.05, 4.69) is 17.4 Å². The van der Waals surface area contributed by atoms with Gasteiger partial charge in [-0.2, -0.15) is 0 Å². The van der Waals surface area contributed by atoms with E-state index in [1.165, 1.54) is 12.5 Å². The molecule has 0 aliphatic rings. The topological polar surface area (TPSA) is 55.4 Å². The van der Waals surface area contributed by atoms with Crippen molar-refractivity contribution in [3.8, 4) is 0 Å². The van der Waals surface area contributed by atoms with Gasteiger partial charge in [0.15, 0.2) is 0 Å². The lowest BCUT2D eigenvalue weighted by atomic mass is 10.1. The zero-order valence-electron chi connectivity index (χ0n) is 13.9. The Labute approximate surface area is 142 Å². The molecule has 2 aromatic carbocycles. The van der Waals surface area contributed by atoms with E-state index in [9.17, 15) is 9.59 Å². The van der Waals surface area contributed by atoms with E-state index in [-0.39, 0.29) is 5.91 Å². The quantitative estimate of drug-likeness (QED) is 0.597. The minimum atomic E-state index is -0.891. The van der Waals surface area contributed by atoms with Crippen molar-refractivity contribution in [1.82, 2.24) is 5.32 Å². The van der Waals surface area contributed by atoms with Crippen LogP contribution in [0.5, 0.6) is 0 Å². The van der Waals surface area contributed by atoms with Crippen molar-refractivity contribution in [3.05, 3.63) is 71.8 Å². The maximum atomic E-state index is 12.3. The molecule has 0 aromatic heterocycles. The average Bonchev–Trinajstić information content (AvgIpc) is 2.60. The molecule has 2 aromatic rings. The third-order valence-corrected chi connectivity index (χ3v) is 3.66. The number of rotatable bonds is 8. The fraction of sp³-hybridized carbons (Fsp3) is 0.300. The fourth-order valence-corrected chi connectivity index (χ4v) is 2.47. The summed E-state index contributed by atoms with van der Waals surface area (Å²) in [6, 6.07) is 19.3. The van der Waals surface area contributed by atoms with Crippen molar-refractivity contribution < 1.29 is 14.3 Å². The third kappa shape index (κ3) is 5.88. The first-order valence-electron chi connectivity index (χ1n) is 8.20. The van der Waals surface area contributed by atoms with E-state index in [0.29, 0.717) is 12.1 Å². The molecule has 1 unspecified atom stereocenters. The van der Waals surface area contributed by atoms with E-state index < -0.39 is 12.1 Å². The maximum absolute atomic E-state index is 12.3. The summed E-state index contributed by atoms with van der Waals surface area (Å²) >= 11 is 0. The first-order chi connectivity index (χ1) is 11.7. The Morgan fingerprint density at radius 1 is 0.958 bits per heavy atom. The van der Waals surface area contributed by atoms with Gasteiger partial charge in [-0.1, -0.05) is 60.7 Å². The van der Waals surface area contributed by atoms with Gasteiger partial charge in [0, 0.05) is 19.0 Å². The van der Waals surface area contributed by atoms with Gasteiger partial charge >= 0.3 is 5.97 Å². The zero-order valence-corrected chi connectivity index (χ0v) is 13.9. The lowest BCUT2D eigenvalue weighted by Gasteiger charge is -2.17. The summed E-state index contributed by atoms with van der Waals surface area (Å²) < 4.78 is 5.17. The molecule has 0 fully saturated rings. The molecule has 4 heteroatoms. The minimum Gasteiger partial charge on any atom is -0.447 e. The maximum Gasteiger partial charge on any atom is 0.303 e. The molecule has 0 spiro atoms. The van der Waals surface area contributed by atoms with Crippen LogP contribution in [-0.2, 0) is 20.7 Å². The second kappa shape index (κ2) is 9.50. The molecule has 1 amide bonds. The summed E-state index contributed by atoms with van der Waals surface area (Å²) in [6.45, 7) is 1.87. The van der Waals surface area contributed by atoms with Gasteiger partial charge < -0.3 is 10.1 Å². The summed E-state index contributed by atoms with van der Waals surface area (Å²) in [7, 11) is 0. The number of ether oxygens (including phenoxy) is 1. The summed E-state index contributed by atoms with van der Waals surface area (Å²) in [6.07, 6.45) is 1.97. The number of hydrogen-bond acceptors (Lipinski definition) is 3. The molecule has 0 aliphatic carbocycles. The fourth-order valence-electron chi connectivity index (χ4n) is 2.47. The van der Waals surface area contributed by atoms with Crippen molar-refractivity contribution in [2.24, 2.45) is 0 Å². The Morgan fingerprint density at radius 3 is 2.21 bits per heavy atom. The Hall–Kier alpha value is -2.62. The molecule has 126 valence electrons. The monoisotopic (exact) mass is 325 g/mol. The van der Waals surface area contributed by atoms with Gasteiger partial charge in [-0.25, -0.2) is 0 Å². The second-order valence-electron chi connectivity index (χ2n) is 5.63. The number of aryl methyl sites for hydroxylation is 1. The molecule has 0 saturated heterocycles. The molecule has 0 bridgehead atoms. The van der Waals surface area contributed by atoms with Crippen molar-refractivity contribution in [2.75, 3.05) is 6.54 Å². The van der Waals surface area contributed by atoms with E-state index in [4.69, 9.17) is 4.74 Å². The molecule has 0 radical (unpaired) electrons. The molecule has 0 heterocycles. The van der Waals surface area contributed by atoms with Crippen LogP contribution in [0.15, 0.2) is 60.7 Å². The first-order valence-corrected chi connectivity index (χ1v) is 8.20. The Kier molecular flexibility index (Phi) is 7.02. The molecular weight excluding hydrogens is 302 g/mol. The molecule has 24 heavy (non-hydrogen) atoms. The summed E-state index contributed by atoms with van der Waals surface area (Å²) in [4.78, 5) is 23.6. The van der Waals surface area contributed by atoms with E-state index in [1.807, 2.05) is 36.4 Å². The molecule has 0 saturated carbocycles. The van der Waals surface area contributed by atoms with Crippen LogP contribution in [0.25, 0.3) is 0 Å². The van der Waals surface area contributed by atoms with Crippen molar-refractivity contribution in [2.45, 2.75) is 32.3 Å². The van der Waals surface area contributed by atoms with E-state index >= 15 is 0 Å². The van der Waals surface area contributed by atoms with Gasteiger partial charge in [0.25, 0.3) is 5.91 Å². The smallest absolute Gasteiger partial charge is 0.303 e. The number of carbonyl (C=O) groups excluding carboxylic acids is 2. The van der Waals surface area contributed by atoms with Gasteiger partial charge in [-0.3, -0.25) is 9.59 Å². The number of nitrogens with one attached hydrogen (secondary N) is 1. The van der Waals surface area contributed by atoms with Crippen LogP contribution in [0.1, 0.15) is 37.0 Å². The average molecular weight is 325 g/mol. The molecule has 2 rings (SSSR count). The van der Waals surface area contributed by atoms with Gasteiger partial charge in [-0.05, 0) is 24.8 Å². The van der Waals surface area contributed by atoms with Crippen LogP contribution >= 0.6 is 0 Å². The summed E-state index contributed by atoms with van der Waals surface area (Å²) in [5, 5.41) is 2.86. The Bertz CT molecular complexity index is 640. The Morgan fingerprint density at radius 2 is 1.58 bits per heavy atom. The SMILES string of the molecule is CC(=O)OC(C(=O)NCCCCc1ccccc1)c1ccccc1. The number of carbonyl (C=O) groups is 2. The normalized spacial score (nSPS) is 11.5. The molecular formula is C20H23NO3. The van der Waals surface area contributed by atoms with Crippen molar-refractivity contribution >= 4 is 11.9 Å². The highest BCUT2D eigenvalue weighted by Gasteiger charge is 2.22. The van der Waals surface area contributed by atoms with Crippen LogP contribution in [-0.4, -0.2) is 18.4 Å². The van der Waals surface area contributed by atoms with Crippen molar-refractivity contribution in [1.29, 1.82) is 0 Å². The molecule has 0 aliphatic heterocycles.